The summed E-state index contributed by atoms with van der Waals surface area (Å²) in [6.45, 7) is 10.7. The lowest BCUT2D eigenvalue weighted by Crippen LogP contribution is -2.64. The fourth-order valence-electron chi connectivity index (χ4n) is 8.03. The largest absolute Gasteiger partial charge is 0.454 e. The van der Waals surface area contributed by atoms with E-state index in [2.05, 4.69) is 13.2 Å². The van der Waals surface area contributed by atoms with Crippen molar-refractivity contribution in [2.45, 2.75) is 101 Å². The van der Waals surface area contributed by atoms with Gasteiger partial charge in [0.15, 0.2) is 18.7 Å². The Morgan fingerprint density at radius 1 is 0.433 bits per heavy atom. The monoisotopic (exact) mass is 914 g/mol. The molecule has 12 heteroatoms. The van der Waals surface area contributed by atoms with Gasteiger partial charge in [0.05, 0.1) is 59.5 Å². The van der Waals surface area contributed by atoms with E-state index in [1.807, 2.05) is 152 Å². The molecule has 0 saturated carbocycles. The van der Waals surface area contributed by atoms with Gasteiger partial charge in [-0.2, -0.15) is 0 Å². The third-order valence-corrected chi connectivity index (χ3v) is 11.2. The molecule has 10 atom stereocenters. The van der Waals surface area contributed by atoms with Crippen LogP contribution in [0.5, 0.6) is 0 Å². The Morgan fingerprint density at radius 2 is 0.791 bits per heavy atom. The molecule has 12 nitrogen and oxygen atoms in total. The van der Waals surface area contributed by atoms with Gasteiger partial charge in [0, 0.05) is 6.92 Å². The van der Waals surface area contributed by atoms with E-state index in [1.54, 1.807) is 12.2 Å². The molecule has 354 valence electrons. The van der Waals surface area contributed by atoms with E-state index in [4.69, 9.17) is 52.1 Å². The minimum absolute atomic E-state index is 0.101. The summed E-state index contributed by atoms with van der Waals surface area (Å²) in [7, 11) is 0. The van der Waals surface area contributed by atoms with Crippen molar-refractivity contribution in [1.82, 2.24) is 0 Å². The zero-order chi connectivity index (χ0) is 46.5. The fourth-order valence-corrected chi connectivity index (χ4v) is 8.03. The SMILES string of the molecule is C=CCO[C@H]1O[C@H](CO[C@H]2O[C@H](COCc3ccccc3)[C@@H](OCc3ccccc3)[C@H](OCc3ccccc3)[C@@H]2OC(C)=O)[C@@H](OCc2ccccc2)[C@H](OCc2ccccc2)[C@@H]1OCC=C. The van der Waals surface area contributed by atoms with Gasteiger partial charge in [-0.3, -0.25) is 4.79 Å². The first-order valence-electron chi connectivity index (χ1n) is 22.8. The van der Waals surface area contributed by atoms with E-state index in [1.165, 1.54) is 6.92 Å². The van der Waals surface area contributed by atoms with Crippen molar-refractivity contribution in [2.75, 3.05) is 26.4 Å². The number of carbonyl (C=O) groups is 1. The molecule has 2 fully saturated rings. The van der Waals surface area contributed by atoms with Gasteiger partial charge >= 0.3 is 5.97 Å². The summed E-state index contributed by atoms with van der Waals surface area (Å²) >= 11 is 0. The highest BCUT2D eigenvalue weighted by atomic mass is 16.8. The maximum absolute atomic E-state index is 13.1. The fraction of sp³-hybridized carbons (Fsp3) is 0.364. The van der Waals surface area contributed by atoms with Crippen molar-refractivity contribution >= 4 is 5.97 Å². The molecule has 0 aromatic heterocycles. The maximum atomic E-state index is 13.1. The van der Waals surface area contributed by atoms with Gasteiger partial charge in [0.25, 0.3) is 0 Å². The molecule has 0 aliphatic carbocycles. The first-order valence-corrected chi connectivity index (χ1v) is 22.8. The molecule has 2 saturated heterocycles. The van der Waals surface area contributed by atoms with E-state index in [-0.39, 0.29) is 52.9 Å². The Kier molecular flexibility index (Phi) is 19.9. The van der Waals surface area contributed by atoms with Crippen LogP contribution in [0.25, 0.3) is 0 Å². The lowest BCUT2D eigenvalue weighted by molar-refractivity contribution is -0.347. The summed E-state index contributed by atoms with van der Waals surface area (Å²) in [6, 6.07) is 49.2. The van der Waals surface area contributed by atoms with Gasteiger partial charge in [-0.15, -0.1) is 13.2 Å². The molecule has 0 radical (unpaired) electrons. The maximum Gasteiger partial charge on any atom is 0.303 e. The Bertz CT molecular complexity index is 2160. The predicted molar refractivity (Wildman–Crippen MR) is 251 cm³/mol. The summed E-state index contributed by atoms with van der Waals surface area (Å²) in [6.07, 6.45) is -5.37. The molecule has 67 heavy (non-hydrogen) atoms. The smallest absolute Gasteiger partial charge is 0.303 e. The van der Waals surface area contributed by atoms with Crippen LogP contribution in [0.2, 0.25) is 0 Å². The minimum Gasteiger partial charge on any atom is -0.454 e. The van der Waals surface area contributed by atoms with Gasteiger partial charge in [0.1, 0.15) is 42.7 Å². The molecular formula is C55H62O12. The predicted octanol–water partition coefficient (Wildman–Crippen LogP) is 8.72. The number of carbonyl (C=O) groups excluding carboxylic acids is 1. The average molecular weight is 915 g/mol. The van der Waals surface area contributed by atoms with E-state index >= 15 is 0 Å². The molecule has 0 bridgehead atoms. The van der Waals surface area contributed by atoms with Crippen molar-refractivity contribution < 1.29 is 56.9 Å². The highest BCUT2D eigenvalue weighted by Crippen LogP contribution is 2.34. The van der Waals surface area contributed by atoms with E-state index in [0.29, 0.717) is 6.61 Å². The normalized spacial score (nSPS) is 25.0. The van der Waals surface area contributed by atoms with Crippen LogP contribution in [0.15, 0.2) is 177 Å². The summed E-state index contributed by atoms with van der Waals surface area (Å²) in [4.78, 5) is 13.1. The van der Waals surface area contributed by atoms with Crippen molar-refractivity contribution in [3.8, 4) is 0 Å². The zero-order valence-corrected chi connectivity index (χ0v) is 38.0. The minimum atomic E-state index is -1.18. The molecule has 7 rings (SSSR count). The van der Waals surface area contributed by atoms with Crippen LogP contribution in [0.3, 0.4) is 0 Å². The molecule has 5 aromatic carbocycles. The van der Waals surface area contributed by atoms with Gasteiger partial charge in [-0.1, -0.05) is 164 Å². The molecule has 0 amide bonds. The second-order valence-electron chi connectivity index (χ2n) is 16.2. The van der Waals surface area contributed by atoms with Crippen LogP contribution in [0, 0.1) is 0 Å². The van der Waals surface area contributed by atoms with Crippen LogP contribution in [-0.2, 0) is 89.9 Å². The first-order chi connectivity index (χ1) is 33.0. The van der Waals surface area contributed by atoms with Crippen LogP contribution < -0.4 is 0 Å². The third kappa shape index (κ3) is 15.1. The van der Waals surface area contributed by atoms with Crippen LogP contribution in [-0.4, -0.2) is 93.8 Å². The summed E-state index contributed by atoms with van der Waals surface area (Å²) in [5.74, 6) is -0.552. The van der Waals surface area contributed by atoms with Crippen molar-refractivity contribution in [2.24, 2.45) is 0 Å². The third-order valence-electron chi connectivity index (χ3n) is 11.2. The second kappa shape index (κ2) is 26.9. The summed E-state index contributed by atoms with van der Waals surface area (Å²) in [5, 5.41) is 0. The highest BCUT2D eigenvalue weighted by molar-refractivity contribution is 5.66. The highest BCUT2D eigenvalue weighted by Gasteiger charge is 2.53. The van der Waals surface area contributed by atoms with E-state index in [0.717, 1.165) is 27.8 Å². The molecule has 0 N–H and O–H groups in total. The number of hydrogen-bond acceptors (Lipinski definition) is 12. The van der Waals surface area contributed by atoms with Crippen LogP contribution in [0.4, 0.5) is 0 Å². The second-order valence-corrected chi connectivity index (χ2v) is 16.2. The number of esters is 1. The van der Waals surface area contributed by atoms with Gasteiger partial charge < -0.3 is 52.1 Å². The van der Waals surface area contributed by atoms with E-state index in [9.17, 15) is 4.79 Å². The first kappa shape index (κ1) is 49.6. The van der Waals surface area contributed by atoms with Crippen LogP contribution in [0.1, 0.15) is 34.7 Å². The van der Waals surface area contributed by atoms with Crippen molar-refractivity contribution in [3.63, 3.8) is 0 Å². The number of benzene rings is 5. The van der Waals surface area contributed by atoms with Crippen molar-refractivity contribution in [1.29, 1.82) is 0 Å². The molecule has 0 unspecified atom stereocenters. The zero-order valence-electron chi connectivity index (χ0n) is 38.0. The lowest BCUT2D eigenvalue weighted by Gasteiger charge is -2.47. The van der Waals surface area contributed by atoms with Gasteiger partial charge in [0.2, 0.25) is 0 Å². The van der Waals surface area contributed by atoms with Crippen molar-refractivity contribution in [3.05, 3.63) is 205 Å². The lowest BCUT2D eigenvalue weighted by atomic mass is 9.97. The van der Waals surface area contributed by atoms with Gasteiger partial charge in [-0.25, -0.2) is 0 Å². The topological polar surface area (TPSA) is 119 Å². The number of rotatable bonds is 26. The summed E-state index contributed by atoms with van der Waals surface area (Å²) < 4.78 is 72.6. The number of hydrogen-bond donors (Lipinski definition) is 0. The standard InChI is InChI=1S/C55H62O12/c1-4-31-58-52-50(62-36-44-27-17-9-18-28-44)49(61-35-43-25-15-8-16-26-43)47(67-54(52)59-32-5-2)39-64-55-53(65-40(3)56)51(63-37-45-29-19-10-20-30-45)48(60-34-42-23-13-7-14-24-42)46(66-55)38-57-33-41-21-11-6-12-22-41/h4-30,46-55H,1-2,31-39H2,3H3/t46-,47-,48-,49-,50+,51+,52+,53+,54+,55+/m1/s1. The molecule has 2 aliphatic rings. The van der Waals surface area contributed by atoms with E-state index < -0.39 is 67.4 Å². The molecule has 0 spiro atoms. The Morgan fingerprint density at radius 3 is 1.21 bits per heavy atom. The van der Waals surface area contributed by atoms with Crippen LogP contribution >= 0.6 is 0 Å². The molecule has 5 aromatic rings. The molecule has 2 heterocycles. The van der Waals surface area contributed by atoms with Gasteiger partial charge in [-0.05, 0) is 27.8 Å². The quantitative estimate of drug-likeness (QED) is 0.0390. The number of ether oxygens (including phenoxy) is 11. The Balaban J connectivity index is 1.22. The Labute approximate surface area is 394 Å². The summed E-state index contributed by atoms with van der Waals surface area (Å²) in [5.41, 5.74) is 4.76. The average Bonchev–Trinajstić information content (AvgIpc) is 3.36. The Hall–Kier alpha value is -5.35. The molecular weight excluding hydrogens is 853 g/mol. The molecule has 2 aliphatic heterocycles.